The highest BCUT2D eigenvalue weighted by Gasteiger charge is 2.38. The molecule has 0 spiro atoms. The van der Waals surface area contributed by atoms with Gasteiger partial charge in [0.1, 0.15) is 35.5 Å². The van der Waals surface area contributed by atoms with Crippen LogP contribution in [0.5, 0.6) is 5.75 Å². The molecule has 0 aliphatic carbocycles. The fourth-order valence-electron chi connectivity index (χ4n) is 9.13. The smallest absolute Gasteiger partial charge is 0.243 e. The molecule has 4 bridgehead atoms. The number of aromatic amines is 1. The van der Waals surface area contributed by atoms with Gasteiger partial charge in [0, 0.05) is 59.4 Å². The van der Waals surface area contributed by atoms with Crippen molar-refractivity contribution in [1.29, 1.82) is 0 Å². The van der Waals surface area contributed by atoms with E-state index in [0.717, 1.165) is 33.2 Å². The molecule has 4 aromatic carbocycles. The number of likely N-dealkylation sites (N-methyl/N-ethyl adjacent to an activating group) is 1. The number of phenolic OH excluding ortho intramolecular Hbond substituents is 1. The summed E-state index contributed by atoms with van der Waals surface area (Å²) in [6, 6.07) is 21.5. The lowest BCUT2D eigenvalue weighted by Gasteiger charge is -2.31. The van der Waals surface area contributed by atoms with Gasteiger partial charge < -0.3 is 47.7 Å². The Morgan fingerprint density at radius 1 is 0.675 bits per heavy atom. The van der Waals surface area contributed by atoms with E-state index in [4.69, 9.17) is 5.73 Å². The number of aromatic hydroxyl groups is 1. The molecule has 3 aliphatic rings. The number of carbonyl (C=O) groups is 9. The zero-order valence-electron chi connectivity index (χ0n) is 48.2. The van der Waals surface area contributed by atoms with Crippen molar-refractivity contribution in [3.63, 3.8) is 0 Å². The minimum absolute atomic E-state index is 0.0349. The molecule has 1 aromatic heterocycles. The number of rotatable bonds is 11. The van der Waals surface area contributed by atoms with Crippen LogP contribution in [0.1, 0.15) is 90.0 Å². The fourth-order valence-corrected chi connectivity index (χ4v) is 11.6. The van der Waals surface area contributed by atoms with Crippen LogP contribution < -0.4 is 48.5 Å². The Kier molecular flexibility index (Phi) is 23.2. The molecule has 22 heteroatoms. The number of nitrogens with one attached hydrogen (secondary N) is 9. The van der Waals surface area contributed by atoms with Gasteiger partial charge in [-0.25, -0.2) is 10.9 Å². The number of amides is 6. The summed E-state index contributed by atoms with van der Waals surface area (Å²) in [5.74, 6) is -5.11. The van der Waals surface area contributed by atoms with E-state index in [0.29, 0.717) is 28.4 Å². The minimum Gasteiger partial charge on any atom is -0.508 e. The number of primary amides is 1. The lowest BCUT2D eigenvalue weighted by molar-refractivity contribution is -0.141. The van der Waals surface area contributed by atoms with Crippen LogP contribution in [0.3, 0.4) is 0 Å². The molecule has 3 aliphatic heterocycles. The van der Waals surface area contributed by atoms with E-state index >= 15 is 0 Å². The van der Waals surface area contributed by atoms with E-state index in [9.17, 15) is 48.3 Å². The van der Waals surface area contributed by atoms with Crippen LogP contribution in [0.15, 0.2) is 103 Å². The number of H-pyrrole nitrogens is 1. The molecule has 0 saturated heterocycles. The lowest BCUT2D eigenvalue weighted by Crippen LogP contribution is -2.62. The average Bonchev–Trinajstić information content (AvgIpc) is 4.16. The number of fused-ring (bicyclic) bond motifs is 3. The molecule has 0 fully saturated rings. The lowest BCUT2D eigenvalue weighted by atomic mass is 9.93. The molecule has 4 heterocycles. The number of carbonyl (C=O) groups excluding carboxylic acids is 9. The van der Waals surface area contributed by atoms with Crippen LogP contribution in [0.25, 0.3) is 22.0 Å². The van der Waals surface area contributed by atoms with Crippen molar-refractivity contribution in [2.24, 2.45) is 11.7 Å². The number of hydrogen-bond acceptors (Lipinski definition) is 15. The molecule has 12 N–H and O–H groups in total. The van der Waals surface area contributed by atoms with Gasteiger partial charge in [0.2, 0.25) is 47.0 Å². The molecule has 83 heavy (non-hydrogen) atoms. The van der Waals surface area contributed by atoms with Gasteiger partial charge in [-0.15, -0.1) is 0 Å². The van der Waals surface area contributed by atoms with E-state index < -0.39 is 94.3 Å². The first-order valence-electron chi connectivity index (χ1n) is 27.7. The normalized spacial score (nSPS) is 24.6. The van der Waals surface area contributed by atoms with Gasteiger partial charge in [0.15, 0.2) is 5.78 Å². The Hall–Kier alpha value is -7.37. The van der Waals surface area contributed by atoms with Crippen molar-refractivity contribution in [3.05, 3.63) is 126 Å². The first-order valence-corrected chi connectivity index (χ1v) is 30.0. The van der Waals surface area contributed by atoms with Crippen LogP contribution in [0.4, 0.5) is 0 Å². The van der Waals surface area contributed by atoms with Crippen LogP contribution in [0, 0.1) is 5.92 Å². The number of para-hydroxylation sites is 1. The molecule has 5 aromatic rings. The molecule has 0 radical (unpaired) electrons. The maximum absolute atomic E-state index is 14.7. The van der Waals surface area contributed by atoms with Crippen molar-refractivity contribution in [2.45, 2.75) is 139 Å². The molecule has 20 nitrogen and oxygen atoms in total. The number of benzene rings is 4. The Morgan fingerprint density at radius 2 is 1.20 bits per heavy atom. The molecular formula is C61H78N10O10S2. The largest absolute Gasteiger partial charge is 0.508 e. The van der Waals surface area contributed by atoms with Crippen LogP contribution in [0.2, 0.25) is 0 Å². The summed E-state index contributed by atoms with van der Waals surface area (Å²) < 4.78 is 0. The van der Waals surface area contributed by atoms with Gasteiger partial charge in [-0.2, -0.15) is 23.5 Å². The zero-order valence-corrected chi connectivity index (χ0v) is 49.9. The van der Waals surface area contributed by atoms with Crippen molar-refractivity contribution >= 4 is 87.2 Å². The highest BCUT2D eigenvalue weighted by Crippen LogP contribution is 2.27. The third kappa shape index (κ3) is 18.3. The van der Waals surface area contributed by atoms with E-state index in [1.165, 1.54) is 56.4 Å². The first kappa shape index (κ1) is 64.8. The summed E-state index contributed by atoms with van der Waals surface area (Å²) in [5, 5.41) is 27.5. The van der Waals surface area contributed by atoms with Gasteiger partial charge in [0.05, 0.1) is 17.6 Å². The van der Waals surface area contributed by atoms with Gasteiger partial charge in [-0.3, -0.25) is 43.2 Å². The van der Waals surface area contributed by atoms with Crippen LogP contribution in [-0.2, 0) is 67.5 Å². The van der Waals surface area contributed by atoms with Crippen molar-refractivity contribution in [2.75, 3.05) is 18.6 Å². The fraction of sp³-hybridized carbons (Fsp3) is 0.426. The maximum Gasteiger partial charge on any atom is 0.243 e. The summed E-state index contributed by atoms with van der Waals surface area (Å²) in [6.45, 7) is 11.4. The minimum atomic E-state index is -1.57. The Balaban J connectivity index is 1.32. The highest BCUT2D eigenvalue weighted by atomic mass is 32.2. The number of nitrogens with two attached hydrogens (primary N) is 1. The van der Waals surface area contributed by atoms with Gasteiger partial charge in [-0.1, -0.05) is 92.7 Å². The standard InChI is InChI=1S/C61H78N10O10S2/c1-35(2)27-49-54(76)53(75)48(25-26-52(62)74)67-55(77)36(3)65-57(79)51(29-44-30-64-47-12-10-9-11-46(44)47)69-58(80)50(28-39-17-23-45(73)24-18-39)68-56(78)37(4)66-59(81)61(7,63-8)34-83-32-41-15-21-43(22-16-41)42-19-13-40(14-20-42)31-82-33-60(6,38(5)72)71-70-49/h9-24,30,35-37,48-51,63-64,70-71,73H,25-29,31-34H2,1-8H3,(H2,62,74)(H,65,79)(H,66,81)(H,67,77)(H,68,78)(H,69,80)/t36?,37?,48-,49-,50-,51+,60-,61+/m0/s1. The number of ketones is 3. The predicted octanol–water partition coefficient (Wildman–Crippen LogP) is 4.21. The molecule has 8 rings (SSSR count). The number of hydrogen-bond donors (Lipinski definition) is 11. The number of phenols is 1. The summed E-state index contributed by atoms with van der Waals surface area (Å²) in [7, 11) is 1.66. The summed E-state index contributed by atoms with van der Waals surface area (Å²) >= 11 is 3.04. The average molecular weight is 1180 g/mol. The van der Waals surface area contributed by atoms with Crippen molar-refractivity contribution in [1.82, 2.24) is 47.7 Å². The monoisotopic (exact) mass is 1170 g/mol. The summed E-state index contributed by atoms with van der Waals surface area (Å²) in [6.07, 6.45) is 0.853. The molecule has 0 saturated carbocycles. The molecule has 6 amide bonds. The highest BCUT2D eigenvalue weighted by molar-refractivity contribution is 7.98. The van der Waals surface area contributed by atoms with Gasteiger partial charge >= 0.3 is 0 Å². The number of thioether (sulfide) groups is 2. The van der Waals surface area contributed by atoms with E-state index in [-0.39, 0.29) is 55.3 Å². The maximum atomic E-state index is 14.7. The summed E-state index contributed by atoms with van der Waals surface area (Å²) in [4.78, 5) is 129. The molecule has 8 atom stereocenters. The Bertz CT molecular complexity index is 3120. The second kappa shape index (κ2) is 29.7. The van der Waals surface area contributed by atoms with Crippen LogP contribution >= 0.6 is 23.5 Å². The third-order valence-corrected chi connectivity index (χ3v) is 17.4. The first-order chi connectivity index (χ1) is 39.4. The van der Waals surface area contributed by atoms with Crippen molar-refractivity contribution in [3.8, 4) is 16.9 Å². The number of Topliss-reactive ketones (excluding diaryl/α,β-unsaturated/α-hetero) is 3. The van der Waals surface area contributed by atoms with Gasteiger partial charge in [-0.05, 0) is 112 Å². The topological polar surface area (TPSA) is 312 Å². The summed E-state index contributed by atoms with van der Waals surface area (Å²) in [5.41, 5.74) is 15.2. The van der Waals surface area contributed by atoms with E-state index in [2.05, 4.69) is 47.7 Å². The van der Waals surface area contributed by atoms with Gasteiger partial charge in [0.25, 0.3) is 0 Å². The molecule has 2 unspecified atom stereocenters. The predicted molar refractivity (Wildman–Crippen MR) is 324 cm³/mol. The number of hydrazine groups is 1. The quantitative estimate of drug-likeness (QED) is 0.0826. The second-order valence-electron chi connectivity index (χ2n) is 22.1. The SMILES string of the molecule is CN[C@]1(C)CSCc2ccc(cc2)-c2ccc(cc2)CSC[C@@](C)(C(C)=O)NN[C@@H](CC(C)C)C(=O)C(=O)[C@H](CCC(N)=O)NC(=O)C(C)NC(=O)[C@@H](Cc2c[nH]c3ccccc23)NC(=O)[C@H](Cc2ccc(O)cc2)NC(=O)C(C)NC1=O. The van der Waals surface area contributed by atoms with Crippen LogP contribution in [-0.4, -0.2) is 129 Å². The van der Waals surface area contributed by atoms with E-state index in [1.54, 1.807) is 39.2 Å². The zero-order chi connectivity index (χ0) is 60.6. The molecular weight excluding hydrogens is 1100 g/mol. The Labute approximate surface area is 492 Å². The molecule has 444 valence electrons. The van der Waals surface area contributed by atoms with Crippen molar-refractivity contribution < 1.29 is 48.3 Å². The van der Waals surface area contributed by atoms with E-state index in [1.807, 2.05) is 86.6 Å². The number of aromatic nitrogens is 1. The Morgan fingerprint density at radius 3 is 1.78 bits per heavy atom. The second-order valence-corrected chi connectivity index (χ2v) is 24.0. The third-order valence-electron chi connectivity index (χ3n) is 14.7.